The number of nitrogens with zero attached hydrogens (tertiary/aromatic N) is 2. The van der Waals surface area contributed by atoms with E-state index in [0.29, 0.717) is 0 Å². The van der Waals surface area contributed by atoms with Crippen molar-refractivity contribution in [2.75, 3.05) is 0 Å². The number of hydrogen-bond donors (Lipinski definition) is 1. The van der Waals surface area contributed by atoms with Gasteiger partial charge in [0.25, 0.3) is 0 Å². The zero-order chi connectivity index (χ0) is 14.0. The predicted octanol–water partition coefficient (Wildman–Crippen LogP) is 5.39. The molecule has 0 aliphatic rings. The minimum Gasteiger partial charge on any atom is -0.508 e. The highest BCUT2D eigenvalue weighted by Crippen LogP contribution is 2.35. The molecule has 0 aromatic heterocycles. The summed E-state index contributed by atoms with van der Waals surface area (Å²) in [5, 5.41) is 16.1. The molecular weight excluding hydrogens is 297 g/mol. The van der Waals surface area contributed by atoms with Crippen molar-refractivity contribution in [2.24, 2.45) is 10.2 Å². The van der Waals surface area contributed by atoms with Crippen LogP contribution in [0, 0.1) is 11.6 Å². The molecule has 0 amide bonds. The molecule has 19 heavy (non-hydrogen) atoms. The number of benzene rings is 2. The Hall–Kier alpha value is -1.72. The number of azo groups is 1. The van der Waals surface area contributed by atoms with Crippen molar-refractivity contribution in [3.8, 4) is 5.75 Å². The van der Waals surface area contributed by atoms with E-state index in [1.807, 2.05) is 0 Å². The van der Waals surface area contributed by atoms with E-state index >= 15 is 0 Å². The van der Waals surface area contributed by atoms with E-state index < -0.39 is 11.6 Å². The standard InChI is InChI=1S/C12H6Cl2F2N2O/c13-7-2-1-3-9(15)11(7)17-18-12-8(14)4-6(19)5-10(12)16/h1-5,19H/b18-17+. The fraction of sp³-hybridized carbons (Fsp3) is 0. The van der Waals surface area contributed by atoms with Crippen LogP contribution in [0.2, 0.25) is 10.0 Å². The molecule has 7 heteroatoms. The smallest absolute Gasteiger partial charge is 0.155 e. The molecule has 0 atom stereocenters. The average Bonchev–Trinajstić information content (AvgIpc) is 2.31. The van der Waals surface area contributed by atoms with E-state index in [0.717, 1.165) is 18.2 Å². The second-order valence-corrected chi connectivity index (χ2v) is 4.34. The Kier molecular flexibility index (Phi) is 3.97. The third-order valence-corrected chi connectivity index (χ3v) is 2.78. The van der Waals surface area contributed by atoms with Crippen LogP contribution in [0.15, 0.2) is 40.6 Å². The molecule has 0 fully saturated rings. The Labute approximate surface area is 117 Å². The van der Waals surface area contributed by atoms with Gasteiger partial charge in [0.05, 0.1) is 10.0 Å². The lowest BCUT2D eigenvalue weighted by Crippen LogP contribution is -1.79. The number of halogens is 4. The molecule has 1 N–H and O–H groups in total. The molecule has 0 spiro atoms. The van der Waals surface area contributed by atoms with Gasteiger partial charge in [-0.25, -0.2) is 8.78 Å². The molecule has 0 saturated carbocycles. The zero-order valence-electron chi connectivity index (χ0n) is 9.24. The number of rotatable bonds is 2. The minimum atomic E-state index is -0.874. The molecule has 0 bridgehead atoms. The second kappa shape index (κ2) is 5.50. The van der Waals surface area contributed by atoms with Crippen molar-refractivity contribution in [1.29, 1.82) is 0 Å². The van der Waals surface area contributed by atoms with E-state index in [-0.39, 0.29) is 27.2 Å². The molecule has 2 aromatic rings. The first-order valence-electron chi connectivity index (χ1n) is 5.03. The van der Waals surface area contributed by atoms with Gasteiger partial charge in [-0.05, 0) is 12.1 Å². The van der Waals surface area contributed by atoms with Gasteiger partial charge in [-0.3, -0.25) is 0 Å². The van der Waals surface area contributed by atoms with Crippen LogP contribution in [-0.2, 0) is 0 Å². The molecule has 2 rings (SSSR count). The van der Waals surface area contributed by atoms with Crippen LogP contribution in [0.5, 0.6) is 5.75 Å². The van der Waals surface area contributed by atoms with Crippen LogP contribution in [0.1, 0.15) is 0 Å². The van der Waals surface area contributed by atoms with Crippen LogP contribution in [-0.4, -0.2) is 5.11 Å². The van der Waals surface area contributed by atoms with Gasteiger partial charge in [-0.1, -0.05) is 29.3 Å². The van der Waals surface area contributed by atoms with E-state index in [4.69, 9.17) is 28.3 Å². The fourth-order valence-electron chi connectivity index (χ4n) is 1.33. The van der Waals surface area contributed by atoms with Gasteiger partial charge >= 0.3 is 0 Å². The maximum atomic E-state index is 13.5. The molecule has 0 heterocycles. The van der Waals surface area contributed by atoms with Crippen LogP contribution in [0.3, 0.4) is 0 Å². The Morgan fingerprint density at radius 1 is 0.895 bits per heavy atom. The van der Waals surface area contributed by atoms with Crippen LogP contribution in [0.25, 0.3) is 0 Å². The lowest BCUT2D eigenvalue weighted by atomic mass is 10.3. The van der Waals surface area contributed by atoms with Gasteiger partial charge < -0.3 is 5.11 Å². The van der Waals surface area contributed by atoms with Gasteiger partial charge in [0.2, 0.25) is 0 Å². The summed E-state index contributed by atoms with van der Waals surface area (Å²) in [7, 11) is 0. The quantitative estimate of drug-likeness (QED) is 0.742. The average molecular weight is 303 g/mol. The molecule has 0 radical (unpaired) electrons. The summed E-state index contributed by atoms with van der Waals surface area (Å²) in [6.45, 7) is 0. The Bertz CT molecular complexity index is 619. The van der Waals surface area contributed by atoms with Gasteiger partial charge in [0, 0.05) is 12.1 Å². The first-order chi connectivity index (χ1) is 8.99. The highest BCUT2D eigenvalue weighted by Gasteiger charge is 2.10. The normalized spacial score (nSPS) is 11.2. The van der Waals surface area contributed by atoms with Crippen molar-refractivity contribution < 1.29 is 13.9 Å². The van der Waals surface area contributed by atoms with E-state index in [2.05, 4.69) is 10.2 Å². The summed E-state index contributed by atoms with van der Waals surface area (Å²) in [5.41, 5.74) is -0.522. The monoisotopic (exact) mass is 302 g/mol. The van der Waals surface area contributed by atoms with E-state index in [9.17, 15) is 8.78 Å². The van der Waals surface area contributed by atoms with Crippen molar-refractivity contribution in [3.63, 3.8) is 0 Å². The lowest BCUT2D eigenvalue weighted by molar-refractivity contribution is 0.469. The van der Waals surface area contributed by atoms with Crippen LogP contribution < -0.4 is 0 Å². The summed E-state index contributed by atoms with van der Waals surface area (Å²) in [4.78, 5) is 0. The summed E-state index contributed by atoms with van der Waals surface area (Å²) < 4.78 is 26.9. The number of aromatic hydroxyl groups is 1. The van der Waals surface area contributed by atoms with E-state index in [1.165, 1.54) is 12.1 Å². The molecule has 0 unspecified atom stereocenters. The topological polar surface area (TPSA) is 45.0 Å². The summed E-state index contributed by atoms with van der Waals surface area (Å²) in [6, 6.07) is 5.90. The van der Waals surface area contributed by atoms with Crippen molar-refractivity contribution in [3.05, 3.63) is 52.0 Å². The maximum Gasteiger partial charge on any atom is 0.155 e. The van der Waals surface area contributed by atoms with Crippen molar-refractivity contribution in [1.82, 2.24) is 0 Å². The van der Waals surface area contributed by atoms with Gasteiger partial charge in [0.1, 0.15) is 17.1 Å². The third-order valence-electron chi connectivity index (χ3n) is 2.19. The number of phenols is 1. The predicted molar refractivity (Wildman–Crippen MR) is 68.7 cm³/mol. The molecule has 3 nitrogen and oxygen atoms in total. The molecule has 0 aliphatic carbocycles. The first kappa shape index (κ1) is 13.7. The van der Waals surface area contributed by atoms with Crippen LogP contribution >= 0.6 is 23.2 Å². The third kappa shape index (κ3) is 3.00. The second-order valence-electron chi connectivity index (χ2n) is 3.53. The summed E-state index contributed by atoms with van der Waals surface area (Å²) >= 11 is 11.4. The highest BCUT2D eigenvalue weighted by molar-refractivity contribution is 6.33. The van der Waals surface area contributed by atoms with Crippen LogP contribution in [0.4, 0.5) is 20.2 Å². The molecule has 0 aliphatic heterocycles. The molecule has 0 saturated heterocycles. The van der Waals surface area contributed by atoms with Gasteiger partial charge in [-0.15, -0.1) is 10.2 Å². The maximum absolute atomic E-state index is 13.5. The van der Waals surface area contributed by atoms with E-state index in [1.54, 1.807) is 0 Å². The minimum absolute atomic E-state index is 0.0408. The summed E-state index contributed by atoms with van der Waals surface area (Å²) in [6.07, 6.45) is 0. The molecule has 98 valence electrons. The van der Waals surface area contributed by atoms with Gasteiger partial charge in [-0.2, -0.15) is 0 Å². The molecule has 2 aromatic carbocycles. The Morgan fingerprint density at radius 3 is 2.11 bits per heavy atom. The van der Waals surface area contributed by atoms with Gasteiger partial charge in [0.15, 0.2) is 11.6 Å². The Balaban J connectivity index is 2.44. The zero-order valence-corrected chi connectivity index (χ0v) is 10.8. The fourth-order valence-corrected chi connectivity index (χ4v) is 1.77. The molecular formula is C12H6Cl2F2N2O. The Morgan fingerprint density at radius 2 is 1.53 bits per heavy atom. The number of hydrogen-bond acceptors (Lipinski definition) is 3. The van der Waals surface area contributed by atoms with Crippen molar-refractivity contribution >= 4 is 34.6 Å². The number of phenolic OH excluding ortho intramolecular Hbond substituents is 1. The largest absolute Gasteiger partial charge is 0.508 e. The first-order valence-corrected chi connectivity index (χ1v) is 5.78. The lowest BCUT2D eigenvalue weighted by Gasteiger charge is -2.01. The summed E-state index contributed by atoms with van der Waals surface area (Å²) in [5.74, 6) is -1.90. The highest BCUT2D eigenvalue weighted by atomic mass is 35.5. The SMILES string of the molecule is Oc1cc(F)c(/N=N/c2c(F)cccc2Cl)c(Cl)c1. The van der Waals surface area contributed by atoms with Crippen molar-refractivity contribution in [2.45, 2.75) is 0 Å².